The molecule has 0 fully saturated rings. The van der Waals surface area contributed by atoms with Crippen LogP contribution in [-0.2, 0) is 16.6 Å². The topological polar surface area (TPSA) is 64.0 Å². The first-order valence-corrected chi connectivity index (χ1v) is 8.41. The first-order valence-electron chi connectivity index (χ1n) is 6.76. The summed E-state index contributed by atoms with van der Waals surface area (Å²) in [7, 11) is -3.31. The van der Waals surface area contributed by atoms with Gasteiger partial charge in [0.25, 0.3) is 0 Å². The summed E-state index contributed by atoms with van der Waals surface area (Å²) in [6.45, 7) is 2.40. The molecule has 7 heteroatoms. The maximum Gasteiger partial charge on any atom is 0.232 e. The number of halogens is 1. The maximum atomic E-state index is 12.8. The van der Waals surface area contributed by atoms with Crippen molar-refractivity contribution in [2.24, 2.45) is 0 Å². The highest BCUT2D eigenvalue weighted by atomic mass is 32.2. The van der Waals surface area contributed by atoms with Crippen LogP contribution in [0.25, 0.3) is 0 Å². The molecule has 0 unspecified atom stereocenters. The molecular formula is C14H18FN3O2S. The van der Waals surface area contributed by atoms with Gasteiger partial charge >= 0.3 is 0 Å². The second-order valence-electron chi connectivity index (χ2n) is 4.83. The monoisotopic (exact) mass is 311 g/mol. The number of nitrogens with zero attached hydrogens (tertiary/aromatic N) is 2. The van der Waals surface area contributed by atoms with E-state index < -0.39 is 10.0 Å². The molecule has 0 spiro atoms. The molecule has 1 aromatic carbocycles. The standard InChI is InChI=1S/C14H18FN3O2S/c1-2-3-8-21(19,20)17-14-9-16-18(11-14)10-12-4-6-13(15)7-5-12/h4-7,9,11,17H,2-3,8,10H2,1H3. The van der Waals surface area contributed by atoms with Crippen molar-refractivity contribution in [2.75, 3.05) is 10.5 Å². The van der Waals surface area contributed by atoms with Gasteiger partial charge in [-0.15, -0.1) is 0 Å². The number of nitrogens with one attached hydrogen (secondary N) is 1. The number of unbranched alkanes of at least 4 members (excludes halogenated alkanes) is 1. The first kappa shape index (κ1) is 15.5. The van der Waals surface area contributed by atoms with E-state index in [0.29, 0.717) is 18.7 Å². The van der Waals surface area contributed by atoms with Gasteiger partial charge in [-0.3, -0.25) is 9.40 Å². The highest BCUT2D eigenvalue weighted by Gasteiger charge is 2.10. The second kappa shape index (κ2) is 6.71. The summed E-state index contributed by atoms with van der Waals surface area (Å²) in [5, 5.41) is 4.09. The highest BCUT2D eigenvalue weighted by molar-refractivity contribution is 7.92. The van der Waals surface area contributed by atoms with Crippen LogP contribution >= 0.6 is 0 Å². The third kappa shape index (κ3) is 4.86. The van der Waals surface area contributed by atoms with E-state index in [2.05, 4.69) is 9.82 Å². The van der Waals surface area contributed by atoms with Gasteiger partial charge in [-0.1, -0.05) is 25.5 Å². The molecule has 1 aromatic heterocycles. The zero-order chi connectivity index (χ0) is 15.3. The van der Waals surface area contributed by atoms with E-state index in [1.54, 1.807) is 23.0 Å². The molecule has 0 saturated carbocycles. The average Bonchev–Trinajstić information content (AvgIpc) is 2.85. The zero-order valence-corrected chi connectivity index (χ0v) is 12.6. The van der Waals surface area contributed by atoms with Crippen molar-refractivity contribution in [3.8, 4) is 0 Å². The van der Waals surface area contributed by atoms with E-state index in [1.807, 2.05) is 6.92 Å². The molecule has 2 rings (SSSR count). The highest BCUT2D eigenvalue weighted by Crippen LogP contribution is 2.11. The molecule has 21 heavy (non-hydrogen) atoms. The number of sulfonamides is 1. The summed E-state index contributed by atoms with van der Waals surface area (Å²) in [5.74, 6) is -0.185. The molecule has 5 nitrogen and oxygen atoms in total. The van der Waals surface area contributed by atoms with E-state index in [0.717, 1.165) is 12.0 Å². The van der Waals surface area contributed by atoms with Crippen LogP contribution in [0.5, 0.6) is 0 Å². The van der Waals surface area contributed by atoms with Gasteiger partial charge in [0.05, 0.1) is 24.2 Å². The summed E-state index contributed by atoms with van der Waals surface area (Å²) in [5.41, 5.74) is 1.33. The molecular weight excluding hydrogens is 293 g/mol. The van der Waals surface area contributed by atoms with Crippen molar-refractivity contribution in [3.63, 3.8) is 0 Å². The molecule has 0 aliphatic heterocycles. The first-order chi connectivity index (χ1) is 9.98. The molecule has 0 saturated heterocycles. The summed E-state index contributed by atoms with van der Waals surface area (Å²) >= 11 is 0. The fraction of sp³-hybridized carbons (Fsp3) is 0.357. The third-order valence-electron chi connectivity index (χ3n) is 2.93. The fourth-order valence-corrected chi connectivity index (χ4v) is 3.08. The minimum Gasteiger partial charge on any atom is -0.280 e. The molecule has 0 aliphatic carbocycles. The predicted octanol–water partition coefficient (Wildman–Crippen LogP) is 2.61. The molecule has 1 N–H and O–H groups in total. The largest absolute Gasteiger partial charge is 0.280 e. The van der Waals surface area contributed by atoms with Gasteiger partial charge in [0, 0.05) is 6.20 Å². The number of benzene rings is 1. The van der Waals surface area contributed by atoms with Gasteiger partial charge in [-0.2, -0.15) is 5.10 Å². The van der Waals surface area contributed by atoms with Gasteiger partial charge in [0.2, 0.25) is 10.0 Å². The molecule has 2 aromatic rings. The minimum absolute atomic E-state index is 0.104. The van der Waals surface area contributed by atoms with Crippen LogP contribution in [0.4, 0.5) is 10.1 Å². The Hall–Kier alpha value is -1.89. The van der Waals surface area contributed by atoms with Crippen LogP contribution in [0.1, 0.15) is 25.3 Å². The predicted molar refractivity (Wildman–Crippen MR) is 80.0 cm³/mol. The van der Waals surface area contributed by atoms with Gasteiger partial charge in [0.15, 0.2) is 0 Å². The Morgan fingerprint density at radius 3 is 2.67 bits per heavy atom. The molecule has 114 valence electrons. The summed E-state index contributed by atoms with van der Waals surface area (Å²) < 4.78 is 40.5. The van der Waals surface area contributed by atoms with E-state index in [1.165, 1.54) is 18.3 Å². The molecule has 0 atom stereocenters. The second-order valence-corrected chi connectivity index (χ2v) is 6.67. The SMILES string of the molecule is CCCCS(=O)(=O)Nc1cnn(Cc2ccc(F)cc2)c1. The Kier molecular flexibility index (Phi) is 4.95. The average molecular weight is 311 g/mol. The van der Waals surface area contributed by atoms with Crippen molar-refractivity contribution in [3.05, 3.63) is 48.0 Å². The zero-order valence-electron chi connectivity index (χ0n) is 11.8. The van der Waals surface area contributed by atoms with Crippen molar-refractivity contribution >= 4 is 15.7 Å². The smallest absolute Gasteiger partial charge is 0.232 e. The van der Waals surface area contributed by atoms with E-state index in [4.69, 9.17) is 0 Å². The van der Waals surface area contributed by atoms with Crippen LogP contribution < -0.4 is 4.72 Å². The summed E-state index contributed by atoms with van der Waals surface area (Å²) in [6.07, 6.45) is 4.53. The number of hydrogen-bond acceptors (Lipinski definition) is 3. The van der Waals surface area contributed by atoms with Crippen LogP contribution in [0.2, 0.25) is 0 Å². The third-order valence-corrected chi connectivity index (χ3v) is 4.30. The van der Waals surface area contributed by atoms with Gasteiger partial charge < -0.3 is 0 Å². The van der Waals surface area contributed by atoms with Gasteiger partial charge in [0.1, 0.15) is 5.82 Å². The van der Waals surface area contributed by atoms with Crippen molar-refractivity contribution < 1.29 is 12.8 Å². The van der Waals surface area contributed by atoms with E-state index in [9.17, 15) is 12.8 Å². The lowest BCUT2D eigenvalue weighted by atomic mass is 10.2. The van der Waals surface area contributed by atoms with Crippen LogP contribution in [-0.4, -0.2) is 24.0 Å². The molecule has 0 amide bonds. The fourth-order valence-electron chi connectivity index (χ4n) is 1.84. The Morgan fingerprint density at radius 1 is 1.29 bits per heavy atom. The molecule has 0 radical (unpaired) electrons. The molecule has 0 aliphatic rings. The van der Waals surface area contributed by atoms with Gasteiger partial charge in [-0.05, 0) is 24.1 Å². The maximum absolute atomic E-state index is 12.8. The van der Waals surface area contributed by atoms with Crippen molar-refractivity contribution in [1.82, 2.24) is 9.78 Å². The number of rotatable bonds is 7. The Balaban J connectivity index is 1.99. The number of anilines is 1. The normalized spacial score (nSPS) is 11.5. The Morgan fingerprint density at radius 2 is 2.00 bits per heavy atom. The molecule has 0 bridgehead atoms. The summed E-state index contributed by atoms with van der Waals surface area (Å²) in [6, 6.07) is 6.10. The van der Waals surface area contributed by atoms with Crippen LogP contribution in [0, 0.1) is 5.82 Å². The number of aromatic nitrogens is 2. The lowest BCUT2D eigenvalue weighted by molar-refractivity contribution is 0.598. The number of hydrogen-bond donors (Lipinski definition) is 1. The summed E-state index contributed by atoms with van der Waals surface area (Å²) in [4.78, 5) is 0. The van der Waals surface area contributed by atoms with E-state index >= 15 is 0 Å². The Labute approximate surface area is 123 Å². The molecule has 1 heterocycles. The quantitative estimate of drug-likeness (QED) is 0.855. The minimum atomic E-state index is -3.31. The van der Waals surface area contributed by atoms with Crippen LogP contribution in [0.15, 0.2) is 36.7 Å². The van der Waals surface area contributed by atoms with Crippen LogP contribution in [0.3, 0.4) is 0 Å². The Bertz CT molecular complexity index is 680. The lowest BCUT2D eigenvalue weighted by Gasteiger charge is -2.04. The van der Waals surface area contributed by atoms with Crippen molar-refractivity contribution in [1.29, 1.82) is 0 Å². The van der Waals surface area contributed by atoms with E-state index in [-0.39, 0.29) is 11.6 Å². The lowest BCUT2D eigenvalue weighted by Crippen LogP contribution is -2.16. The van der Waals surface area contributed by atoms with Gasteiger partial charge in [-0.25, -0.2) is 12.8 Å². The van der Waals surface area contributed by atoms with Crippen molar-refractivity contribution in [2.45, 2.75) is 26.3 Å².